The molecule has 0 bridgehead atoms. The molecular weight excluding hydrogens is 360 g/mol. The van der Waals surface area contributed by atoms with Gasteiger partial charge in [0, 0.05) is 29.9 Å². The van der Waals surface area contributed by atoms with Crippen LogP contribution in [-0.4, -0.2) is 28.3 Å². The summed E-state index contributed by atoms with van der Waals surface area (Å²) in [6.45, 7) is 5.61. The van der Waals surface area contributed by atoms with Crippen molar-refractivity contribution in [2.24, 2.45) is 4.99 Å². The number of hydrogen-bond donors (Lipinski definition) is 0. The van der Waals surface area contributed by atoms with Crippen molar-refractivity contribution in [1.29, 1.82) is 0 Å². The first-order valence-electron chi connectivity index (χ1n) is 9.73. The van der Waals surface area contributed by atoms with Crippen molar-refractivity contribution in [2.45, 2.75) is 38.8 Å². The zero-order valence-electron chi connectivity index (χ0n) is 17.1. The zero-order valence-corrected chi connectivity index (χ0v) is 17.1. The van der Waals surface area contributed by atoms with Gasteiger partial charge in [-0.2, -0.15) is 0 Å². The molecule has 0 saturated carbocycles. The quantitative estimate of drug-likeness (QED) is 0.448. The SMILES string of the molecule is CC(C)(C)OC(=O)C(Cc1ccncc1)N=C(c1ccccc1)c1ccccc1. The van der Waals surface area contributed by atoms with E-state index in [1.54, 1.807) is 12.4 Å². The van der Waals surface area contributed by atoms with Crippen LogP contribution in [0, 0.1) is 0 Å². The Morgan fingerprint density at radius 1 is 0.897 bits per heavy atom. The van der Waals surface area contributed by atoms with Gasteiger partial charge < -0.3 is 4.74 Å². The molecule has 0 aliphatic heterocycles. The van der Waals surface area contributed by atoms with Gasteiger partial charge in [-0.05, 0) is 38.5 Å². The molecule has 0 saturated heterocycles. The van der Waals surface area contributed by atoms with E-state index in [1.807, 2.05) is 93.6 Å². The number of carbonyl (C=O) groups excluding carboxylic acids is 1. The zero-order chi connectivity index (χ0) is 20.7. The molecule has 0 N–H and O–H groups in total. The Bertz CT molecular complexity index is 905. The lowest BCUT2D eigenvalue weighted by atomic mass is 10.0. The molecule has 4 heteroatoms. The van der Waals surface area contributed by atoms with Crippen LogP contribution in [0.4, 0.5) is 0 Å². The number of benzene rings is 2. The molecule has 4 nitrogen and oxygen atoms in total. The highest BCUT2D eigenvalue weighted by atomic mass is 16.6. The summed E-state index contributed by atoms with van der Waals surface area (Å²) in [5.41, 5.74) is 3.10. The monoisotopic (exact) mass is 386 g/mol. The number of rotatable bonds is 6. The predicted octanol–water partition coefficient (Wildman–Crippen LogP) is 4.87. The number of carbonyl (C=O) groups is 1. The minimum absolute atomic E-state index is 0.335. The molecule has 148 valence electrons. The van der Waals surface area contributed by atoms with Crippen LogP contribution >= 0.6 is 0 Å². The average Bonchev–Trinajstić information content (AvgIpc) is 2.72. The van der Waals surface area contributed by atoms with E-state index >= 15 is 0 Å². The second-order valence-corrected chi connectivity index (χ2v) is 7.82. The van der Waals surface area contributed by atoms with Crippen LogP contribution in [-0.2, 0) is 16.0 Å². The van der Waals surface area contributed by atoms with Crippen molar-refractivity contribution in [2.75, 3.05) is 0 Å². The van der Waals surface area contributed by atoms with Crippen LogP contribution in [0.15, 0.2) is 90.2 Å². The van der Waals surface area contributed by atoms with Gasteiger partial charge in [0.2, 0.25) is 0 Å². The van der Waals surface area contributed by atoms with Gasteiger partial charge in [-0.15, -0.1) is 0 Å². The molecule has 0 amide bonds. The molecule has 3 rings (SSSR count). The third kappa shape index (κ3) is 6.11. The number of ether oxygens (including phenoxy) is 1. The van der Waals surface area contributed by atoms with Crippen LogP contribution < -0.4 is 0 Å². The van der Waals surface area contributed by atoms with E-state index in [-0.39, 0.29) is 5.97 Å². The standard InChI is InChI=1S/C25H26N2O2/c1-25(2,3)29-24(28)22(18-19-14-16-26-17-15-19)27-23(20-10-6-4-7-11-20)21-12-8-5-9-13-21/h4-17,22H,18H2,1-3H3. The third-order valence-corrected chi connectivity index (χ3v) is 4.24. The average molecular weight is 386 g/mol. The summed E-state index contributed by atoms with van der Waals surface area (Å²) in [6, 6.07) is 23.0. The van der Waals surface area contributed by atoms with Gasteiger partial charge in [-0.25, -0.2) is 4.79 Å². The van der Waals surface area contributed by atoms with E-state index in [1.165, 1.54) is 0 Å². The molecule has 0 spiro atoms. The fourth-order valence-electron chi connectivity index (χ4n) is 2.96. The summed E-state index contributed by atoms with van der Waals surface area (Å²) >= 11 is 0. The summed E-state index contributed by atoms with van der Waals surface area (Å²) in [6.07, 6.45) is 3.89. The van der Waals surface area contributed by atoms with Crippen LogP contribution in [0.25, 0.3) is 0 Å². The molecule has 1 atom stereocenters. The van der Waals surface area contributed by atoms with Crippen LogP contribution in [0.1, 0.15) is 37.5 Å². The largest absolute Gasteiger partial charge is 0.458 e. The van der Waals surface area contributed by atoms with Crippen LogP contribution in [0.3, 0.4) is 0 Å². The van der Waals surface area contributed by atoms with Gasteiger partial charge in [0.25, 0.3) is 0 Å². The van der Waals surface area contributed by atoms with Crippen molar-refractivity contribution in [3.05, 3.63) is 102 Å². The molecule has 0 aliphatic rings. The molecule has 1 heterocycles. The molecular formula is C25H26N2O2. The van der Waals surface area contributed by atoms with Gasteiger partial charge in [-0.1, -0.05) is 60.7 Å². The van der Waals surface area contributed by atoms with E-state index in [0.717, 1.165) is 22.4 Å². The highest BCUT2D eigenvalue weighted by Crippen LogP contribution is 2.17. The molecule has 3 aromatic rings. The summed E-state index contributed by atoms with van der Waals surface area (Å²) in [7, 11) is 0. The fourth-order valence-corrected chi connectivity index (χ4v) is 2.96. The molecule has 29 heavy (non-hydrogen) atoms. The topological polar surface area (TPSA) is 51.5 Å². The van der Waals surface area contributed by atoms with Gasteiger partial charge in [0.1, 0.15) is 5.60 Å². The van der Waals surface area contributed by atoms with Gasteiger partial charge in [0.15, 0.2) is 6.04 Å². The van der Waals surface area contributed by atoms with Gasteiger partial charge >= 0.3 is 5.97 Å². The molecule has 2 aromatic carbocycles. The van der Waals surface area contributed by atoms with Crippen molar-refractivity contribution >= 4 is 11.7 Å². The Hall–Kier alpha value is -3.27. The number of hydrogen-bond acceptors (Lipinski definition) is 4. The molecule has 0 radical (unpaired) electrons. The van der Waals surface area contributed by atoms with E-state index < -0.39 is 11.6 Å². The second-order valence-electron chi connectivity index (χ2n) is 7.82. The molecule has 0 fully saturated rings. The predicted molar refractivity (Wildman–Crippen MR) is 116 cm³/mol. The Morgan fingerprint density at radius 2 is 1.41 bits per heavy atom. The molecule has 1 unspecified atom stereocenters. The number of aromatic nitrogens is 1. The third-order valence-electron chi connectivity index (χ3n) is 4.24. The Kier molecular flexibility index (Phi) is 6.55. The summed E-state index contributed by atoms with van der Waals surface area (Å²) < 4.78 is 5.68. The highest BCUT2D eigenvalue weighted by molar-refractivity contribution is 6.13. The minimum Gasteiger partial charge on any atom is -0.458 e. The maximum Gasteiger partial charge on any atom is 0.331 e. The van der Waals surface area contributed by atoms with Crippen LogP contribution in [0.2, 0.25) is 0 Å². The lowest BCUT2D eigenvalue weighted by Gasteiger charge is -2.23. The number of aliphatic imine (C=N–C) groups is 1. The number of esters is 1. The highest BCUT2D eigenvalue weighted by Gasteiger charge is 2.26. The van der Waals surface area contributed by atoms with Crippen molar-refractivity contribution in [3.63, 3.8) is 0 Å². The van der Waals surface area contributed by atoms with E-state index in [0.29, 0.717) is 6.42 Å². The van der Waals surface area contributed by atoms with Gasteiger partial charge in [-0.3, -0.25) is 9.98 Å². The van der Waals surface area contributed by atoms with Crippen molar-refractivity contribution in [3.8, 4) is 0 Å². The lowest BCUT2D eigenvalue weighted by Crippen LogP contribution is -2.33. The Labute approximate surface area is 172 Å². The molecule has 1 aromatic heterocycles. The van der Waals surface area contributed by atoms with Gasteiger partial charge in [0.05, 0.1) is 5.71 Å². The Balaban J connectivity index is 2.05. The summed E-state index contributed by atoms with van der Waals surface area (Å²) in [4.78, 5) is 22.0. The first kappa shape index (κ1) is 20.5. The minimum atomic E-state index is -0.660. The lowest BCUT2D eigenvalue weighted by molar-refractivity contribution is -0.156. The first-order chi connectivity index (χ1) is 13.9. The first-order valence-corrected chi connectivity index (χ1v) is 9.73. The fraction of sp³-hybridized carbons (Fsp3) is 0.240. The van der Waals surface area contributed by atoms with E-state index in [2.05, 4.69) is 4.98 Å². The number of nitrogens with zero attached hydrogens (tertiary/aromatic N) is 2. The normalized spacial score (nSPS) is 12.1. The van der Waals surface area contributed by atoms with E-state index in [4.69, 9.17) is 9.73 Å². The van der Waals surface area contributed by atoms with Crippen molar-refractivity contribution < 1.29 is 9.53 Å². The molecule has 0 aliphatic carbocycles. The maximum atomic E-state index is 13.0. The number of pyridine rings is 1. The summed E-state index contributed by atoms with van der Waals surface area (Å²) in [5.74, 6) is -0.335. The van der Waals surface area contributed by atoms with E-state index in [9.17, 15) is 4.79 Å². The smallest absolute Gasteiger partial charge is 0.331 e. The Morgan fingerprint density at radius 3 is 1.90 bits per heavy atom. The maximum absolute atomic E-state index is 13.0. The second kappa shape index (κ2) is 9.28. The summed E-state index contributed by atoms with van der Waals surface area (Å²) in [5, 5.41) is 0. The van der Waals surface area contributed by atoms with Crippen LogP contribution in [0.5, 0.6) is 0 Å². The van der Waals surface area contributed by atoms with Crippen molar-refractivity contribution in [1.82, 2.24) is 4.98 Å².